The second-order valence-electron chi connectivity index (χ2n) is 1.98. The molecule has 0 amide bonds. The highest BCUT2D eigenvalue weighted by Gasteiger charge is 2.45. The molecule has 0 rings (SSSR count). The molecule has 1 unspecified atom stereocenters. The van der Waals surface area contributed by atoms with Gasteiger partial charge in [0.1, 0.15) is 6.35 Å². The average molecular weight is 255 g/mol. The van der Waals surface area contributed by atoms with Crippen molar-refractivity contribution in [3.05, 3.63) is 0 Å². The summed E-state index contributed by atoms with van der Waals surface area (Å²) in [5.41, 5.74) is 0. The minimum absolute atomic E-state index is 0.197. The van der Waals surface area contributed by atoms with Crippen LogP contribution in [0.4, 0.5) is 0 Å². The van der Waals surface area contributed by atoms with Crippen LogP contribution in [-0.4, -0.2) is 23.6 Å². The van der Waals surface area contributed by atoms with E-state index in [0.717, 1.165) is 0 Å². The van der Waals surface area contributed by atoms with Crippen LogP contribution in [-0.2, 0) is 13.8 Å². The monoisotopic (exact) mass is 254 g/mol. The van der Waals surface area contributed by atoms with E-state index in [1.807, 2.05) is 0 Å². The van der Waals surface area contributed by atoms with Crippen molar-refractivity contribution in [2.75, 3.05) is 20.1 Å². The normalized spacial score (nSPS) is 17.4. The van der Waals surface area contributed by atoms with Crippen LogP contribution in [0.2, 0.25) is 0 Å². The lowest BCUT2D eigenvalue weighted by Crippen LogP contribution is -2.11. The number of halogens is 3. The molecule has 0 radical (unpaired) electrons. The fourth-order valence-corrected chi connectivity index (χ4v) is 2.56. The summed E-state index contributed by atoms with van der Waals surface area (Å²) in [5.74, 6) is 0. The molecule has 0 aliphatic rings. The number of hydrogen-bond acceptors (Lipinski definition) is 3. The van der Waals surface area contributed by atoms with Crippen LogP contribution in [0.5, 0.6) is 0 Å². The molecule has 0 spiro atoms. The number of rotatable bonds is 4. The quantitative estimate of drug-likeness (QED) is 0.571. The first-order valence-electron chi connectivity index (χ1n) is 3.16. The van der Waals surface area contributed by atoms with Crippen LogP contribution in [0, 0.1) is 0 Å². The zero-order valence-corrected chi connectivity index (χ0v) is 9.88. The Morgan fingerprint density at radius 1 is 1.42 bits per heavy atom. The first kappa shape index (κ1) is 13.0. The molecule has 0 N–H and O–H groups in total. The van der Waals surface area contributed by atoms with Crippen molar-refractivity contribution in [1.82, 2.24) is 0 Å². The summed E-state index contributed by atoms with van der Waals surface area (Å²) in [6, 6.07) is 0. The summed E-state index contributed by atoms with van der Waals surface area (Å²) in [4.78, 5) is 0. The van der Waals surface area contributed by atoms with E-state index < -0.39 is 10.9 Å². The number of alkyl halides is 3. The molecule has 7 heteroatoms. The van der Waals surface area contributed by atoms with Gasteiger partial charge in [-0.25, -0.2) is 0 Å². The molecule has 0 aromatic rings. The molecule has 0 aromatic carbocycles. The number of ether oxygens (including phenoxy) is 1. The molecule has 0 aromatic heterocycles. The Balaban J connectivity index is 4.51. The van der Waals surface area contributed by atoms with Gasteiger partial charge in [-0.2, -0.15) is 0 Å². The highest BCUT2D eigenvalue weighted by Crippen LogP contribution is 2.65. The maximum atomic E-state index is 11.7. The Morgan fingerprint density at radius 3 is 2.17 bits per heavy atom. The third-order valence-corrected chi connectivity index (χ3v) is 5.39. The highest BCUT2D eigenvalue weighted by atomic mass is 35.6. The molecule has 74 valence electrons. The van der Waals surface area contributed by atoms with Crippen molar-refractivity contribution in [2.24, 2.45) is 0 Å². The van der Waals surface area contributed by atoms with Crippen LogP contribution in [0.3, 0.4) is 0 Å². The van der Waals surface area contributed by atoms with Gasteiger partial charge in [0.15, 0.2) is 0 Å². The minimum atomic E-state index is -3.33. The lowest BCUT2D eigenvalue weighted by molar-refractivity contribution is 0.222. The molecule has 0 saturated heterocycles. The summed E-state index contributed by atoms with van der Waals surface area (Å²) < 4.78 is 19.3. The molecule has 1 atom stereocenters. The molecule has 0 fully saturated rings. The Morgan fingerprint density at radius 2 is 1.92 bits per heavy atom. The molecule has 3 nitrogen and oxygen atoms in total. The van der Waals surface area contributed by atoms with Crippen molar-refractivity contribution in [2.45, 2.75) is 10.5 Å². The minimum Gasteiger partial charge on any atom is -0.374 e. The zero-order chi connectivity index (χ0) is 9.83. The largest absolute Gasteiger partial charge is 0.374 e. The first-order valence-corrected chi connectivity index (χ1v) is 6.11. The van der Waals surface area contributed by atoms with Gasteiger partial charge in [0.05, 0.1) is 6.61 Å². The van der Waals surface area contributed by atoms with Crippen molar-refractivity contribution in [3.8, 4) is 0 Å². The van der Waals surface area contributed by atoms with E-state index in [1.165, 1.54) is 7.11 Å². The third-order valence-electron chi connectivity index (χ3n) is 1.02. The van der Waals surface area contributed by atoms with Crippen LogP contribution in [0.25, 0.3) is 0 Å². The van der Waals surface area contributed by atoms with Crippen LogP contribution >= 0.6 is 42.2 Å². The predicted octanol–water partition coefficient (Wildman–Crippen LogP) is 3.23. The summed E-state index contributed by atoms with van der Waals surface area (Å²) in [5, 5.41) is 0. The molecule has 0 aliphatic heterocycles. The maximum Gasteiger partial charge on any atom is 0.277 e. The molecule has 12 heavy (non-hydrogen) atoms. The highest BCUT2D eigenvalue weighted by molar-refractivity contribution is 7.67. The Kier molecular flexibility index (Phi) is 5.47. The van der Waals surface area contributed by atoms with Gasteiger partial charge in [-0.15, -0.1) is 0 Å². The number of hydrogen-bond donors (Lipinski definition) is 0. The molecular formula is C5H10Cl3O3P. The fraction of sp³-hybridized carbons (Fsp3) is 1.00. The van der Waals surface area contributed by atoms with Gasteiger partial charge in [0, 0.05) is 7.11 Å². The third kappa shape index (κ3) is 3.41. The van der Waals surface area contributed by atoms with E-state index in [2.05, 4.69) is 4.74 Å². The number of methoxy groups -OCH3 is 1. The first-order chi connectivity index (χ1) is 5.37. The van der Waals surface area contributed by atoms with E-state index in [0.29, 0.717) is 0 Å². The predicted molar refractivity (Wildman–Crippen MR) is 51.4 cm³/mol. The lowest BCUT2D eigenvalue weighted by atomic mass is 10.9. The van der Waals surface area contributed by atoms with Gasteiger partial charge in [-0.1, -0.05) is 34.8 Å². The molecule has 0 heterocycles. The standard InChI is InChI=1S/C5H10Cl3O3P/c1-3-11-12(9,4-10-2)5(6,7)8/h3-4H2,1-2H3. The van der Waals surface area contributed by atoms with Crippen molar-refractivity contribution in [3.63, 3.8) is 0 Å². The Bertz CT molecular complexity index is 169. The summed E-state index contributed by atoms with van der Waals surface area (Å²) in [6.45, 7) is 1.88. The maximum absolute atomic E-state index is 11.7. The van der Waals surface area contributed by atoms with Gasteiger partial charge < -0.3 is 9.26 Å². The van der Waals surface area contributed by atoms with E-state index in [1.54, 1.807) is 6.92 Å². The van der Waals surface area contributed by atoms with Gasteiger partial charge in [-0.3, -0.25) is 4.57 Å². The van der Waals surface area contributed by atoms with Gasteiger partial charge >= 0.3 is 0 Å². The lowest BCUT2D eigenvalue weighted by Gasteiger charge is -2.23. The van der Waals surface area contributed by atoms with E-state index >= 15 is 0 Å². The summed E-state index contributed by atoms with van der Waals surface area (Å²) >= 11 is 16.4. The van der Waals surface area contributed by atoms with Crippen LogP contribution in [0.1, 0.15) is 6.92 Å². The van der Waals surface area contributed by atoms with Gasteiger partial charge in [-0.05, 0) is 6.92 Å². The van der Waals surface area contributed by atoms with Crippen LogP contribution in [0.15, 0.2) is 0 Å². The van der Waals surface area contributed by atoms with Crippen molar-refractivity contribution < 1.29 is 13.8 Å². The van der Waals surface area contributed by atoms with Crippen LogP contribution < -0.4 is 0 Å². The Labute approximate surface area is 86.7 Å². The second kappa shape index (κ2) is 5.04. The van der Waals surface area contributed by atoms with Crippen molar-refractivity contribution in [1.29, 1.82) is 0 Å². The van der Waals surface area contributed by atoms with Crippen molar-refractivity contribution >= 4 is 42.2 Å². The SMILES string of the molecule is CCOP(=O)(COC)C(Cl)(Cl)Cl. The molecular weight excluding hydrogens is 245 g/mol. The average Bonchev–Trinajstić information content (AvgIpc) is 1.86. The molecule has 0 aliphatic carbocycles. The fourth-order valence-electron chi connectivity index (χ4n) is 0.562. The molecule has 0 saturated carbocycles. The summed E-state index contributed by atoms with van der Waals surface area (Å²) in [6.07, 6.45) is -0.197. The Hall–Kier alpha value is 1.02. The van der Waals surface area contributed by atoms with E-state index in [9.17, 15) is 4.57 Å². The summed E-state index contributed by atoms with van der Waals surface area (Å²) in [7, 11) is -1.97. The zero-order valence-electron chi connectivity index (χ0n) is 6.72. The second-order valence-corrected chi connectivity index (χ2v) is 7.58. The smallest absolute Gasteiger partial charge is 0.277 e. The molecule has 0 bridgehead atoms. The van der Waals surface area contributed by atoms with Gasteiger partial charge in [0.25, 0.3) is 10.9 Å². The van der Waals surface area contributed by atoms with E-state index in [4.69, 9.17) is 39.3 Å². The van der Waals surface area contributed by atoms with E-state index in [-0.39, 0.29) is 13.0 Å². The van der Waals surface area contributed by atoms with Gasteiger partial charge in [0.2, 0.25) is 0 Å². The topological polar surface area (TPSA) is 35.5 Å².